The Bertz CT molecular complexity index is 1480. The van der Waals surface area contributed by atoms with E-state index >= 15 is 0 Å². The van der Waals surface area contributed by atoms with Crippen molar-refractivity contribution in [1.82, 2.24) is 0 Å². The second-order valence-electron chi connectivity index (χ2n) is 11.4. The third-order valence-electron chi connectivity index (χ3n) is 7.98. The Hall–Kier alpha value is -4.05. The van der Waals surface area contributed by atoms with Gasteiger partial charge >= 0.3 is 6.16 Å². The van der Waals surface area contributed by atoms with E-state index in [0.717, 1.165) is 52.0 Å². The third-order valence-corrected chi connectivity index (χ3v) is 7.98. The molecule has 0 bridgehead atoms. The predicted octanol–water partition coefficient (Wildman–Crippen LogP) is 9.10. The molecule has 1 aliphatic rings. The van der Waals surface area contributed by atoms with Gasteiger partial charge in [0.05, 0.1) is 7.11 Å². The van der Waals surface area contributed by atoms with Gasteiger partial charge in [0, 0.05) is 5.56 Å². The van der Waals surface area contributed by atoms with Crippen LogP contribution in [0.3, 0.4) is 0 Å². The van der Waals surface area contributed by atoms with Crippen LogP contribution in [0.5, 0.6) is 11.5 Å². The summed E-state index contributed by atoms with van der Waals surface area (Å²) in [4.78, 5) is 10.8. The normalized spacial score (nSPS) is 15.4. The molecule has 0 unspecified atom stereocenters. The molecule has 5 rings (SSSR count). The highest BCUT2D eigenvalue weighted by Gasteiger charge is 2.38. The maximum absolute atomic E-state index is 10.8. The summed E-state index contributed by atoms with van der Waals surface area (Å²) in [6.45, 7) is 9.37. The summed E-state index contributed by atoms with van der Waals surface area (Å²) >= 11 is 0. The van der Waals surface area contributed by atoms with E-state index in [-0.39, 0.29) is 10.8 Å². The van der Waals surface area contributed by atoms with Gasteiger partial charge in [0.25, 0.3) is 0 Å². The first-order valence-electron chi connectivity index (χ1n) is 13.0. The second-order valence-corrected chi connectivity index (χ2v) is 11.4. The number of fused-ring (bicyclic) bond motifs is 1. The number of rotatable bonds is 5. The maximum Gasteiger partial charge on any atom is 0.511 e. The first kappa shape index (κ1) is 25.6. The summed E-state index contributed by atoms with van der Waals surface area (Å²) in [6.07, 6.45) is 1.00. The first-order valence-corrected chi connectivity index (χ1v) is 13.0. The molecule has 4 nitrogen and oxygen atoms in total. The summed E-state index contributed by atoms with van der Waals surface area (Å²) < 4.78 is 10.7. The largest absolute Gasteiger partial charge is 0.511 e. The lowest BCUT2D eigenvalue weighted by Gasteiger charge is -2.42. The van der Waals surface area contributed by atoms with Crippen molar-refractivity contribution in [1.29, 1.82) is 0 Å². The maximum atomic E-state index is 10.8. The highest BCUT2D eigenvalue weighted by atomic mass is 16.7. The van der Waals surface area contributed by atoms with Gasteiger partial charge in [-0.25, -0.2) is 4.79 Å². The van der Waals surface area contributed by atoms with Gasteiger partial charge in [0.2, 0.25) is 0 Å². The van der Waals surface area contributed by atoms with Crippen molar-refractivity contribution in [2.24, 2.45) is 0 Å². The Balaban J connectivity index is 1.55. The van der Waals surface area contributed by atoms with Crippen molar-refractivity contribution in [3.63, 3.8) is 0 Å². The number of benzene rings is 4. The van der Waals surface area contributed by atoms with Gasteiger partial charge < -0.3 is 14.6 Å². The van der Waals surface area contributed by atoms with Crippen LogP contribution in [0.1, 0.15) is 51.7 Å². The van der Waals surface area contributed by atoms with Crippen LogP contribution < -0.4 is 9.47 Å². The molecule has 4 heteroatoms. The fourth-order valence-corrected chi connectivity index (χ4v) is 5.60. The van der Waals surface area contributed by atoms with Crippen molar-refractivity contribution in [2.45, 2.75) is 51.4 Å². The van der Waals surface area contributed by atoms with Crippen molar-refractivity contribution in [2.75, 3.05) is 7.11 Å². The van der Waals surface area contributed by atoms with Crippen molar-refractivity contribution in [3.05, 3.63) is 96.1 Å². The molecule has 0 spiro atoms. The zero-order valence-electron chi connectivity index (χ0n) is 22.7. The number of carboxylic acid groups (broad SMARTS) is 1. The zero-order chi connectivity index (χ0) is 27.1. The van der Waals surface area contributed by atoms with Crippen LogP contribution in [0.15, 0.2) is 84.9 Å². The minimum absolute atomic E-state index is 0.105. The van der Waals surface area contributed by atoms with Crippen LogP contribution in [0, 0.1) is 0 Å². The second kappa shape index (κ2) is 9.68. The van der Waals surface area contributed by atoms with Gasteiger partial charge in [-0.1, -0.05) is 88.4 Å². The standard InChI is InChI=1S/C34H34O4/c1-33(2)18-19-34(3,4)30-21-31(37-5)28(20-29(30)33)27-9-7-6-8-26(27)24-12-10-22(11-13-24)23-14-16-25(17-15-23)38-32(35)36/h6-17,20-21H,18-19H2,1-5H3,(H,35,36). The highest BCUT2D eigenvalue weighted by Crippen LogP contribution is 2.50. The minimum atomic E-state index is -1.32. The van der Waals surface area contributed by atoms with E-state index in [0.29, 0.717) is 5.75 Å². The molecule has 0 amide bonds. The molecule has 0 fully saturated rings. The third kappa shape index (κ3) is 4.79. The topological polar surface area (TPSA) is 55.8 Å². The van der Waals surface area contributed by atoms with Crippen LogP contribution in [0.4, 0.5) is 4.79 Å². The van der Waals surface area contributed by atoms with Crippen molar-refractivity contribution < 1.29 is 19.4 Å². The number of hydrogen-bond donors (Lipinski definition) is 1. The molecule has 1 aliphatic carbocycles. The molecule has 194 valence electrons. The molecule has 4 aromatic carbocycles. The van der Waals surface area contributed by atoms with Crippen LogP contribution in [0.25, 0.3) is 33.4 Å². The highest BCUT2D eigenvalue weighted by molar-refractivity contribution is 5.87. The SMILES string of the molecule is COc1cc2c(cc1-c1ccccc1-c1ccc(-c3ccc(OC(=O)O)cc3)cc1)C(C)(C)CCC2(C)C. The molecule has 0 aliphatic heterocycles. The van der Waals surface area contributed by atoms with Gasteiger partial charge in [-0.3, -0.25) is 0 Å². The summed E-state index contributed by atoms with van der Waals surface area (Å²) in [5.74, 6) is 1.21. The number of hydrogen-bond acceptors (Lipinski definition) is 3. The molecule has 0 radical (unpaired) electrons. The van der Waals surface area contributed by atoms with E-state index in [1.165, 1.54) is 11.1 Å². The fraction of sp³-hybridized carbons (Fsp3) is 0.265. The predicted molar refractivity (Wildman–Crippen MR) is 153 cm³/mol. The van der Waals surface area contributed by atoms with Gasteiger partial charge in [-0.05, 0) is 86.9 Å². The van der Waals surface area contributed by atoms with Gasteiger partial charge in [-0.15, -0.1) is 0 Å². The molecule has 0 saturated carbocycles. The van der Waals surface area contributed by atoms with Crippen LogP contribution in [-0.4, -0.2) is 18.4 Å². The number of ether oxygens (including phenoxy) is 2. The Morgan fingerprint density at radius 1 is 0.684 bits per heavy atom. The van der Waals surface area contributed by atoms with E-state index in [4.69, 9.17) is 14.6 Å². The van der Waals surface area contributed by atoms with E-state index in [2.05, 4.69) is 88.4 Å². The Morgan fingerprint density at radius 2 is 1.18 bits per heavy atom. The Kier molecular flexibility index (Phi) is 6.52. The van der Waals surface area contributed by atoms with Gasteiger partial charge in [-0.2, -0.15) is 0 Å². The molecular weight excluding hydrogens is 472 g/mol. The first-order chi connectivity index (χ1) is 18.1. The molecule has 0 heterocycles. The molecule has 38 heavy (non-hydrogen) atoms. The van der Waals surface area contributed by atoms with Crippen molar-refractivity contribution >= 4 is 6.16 Å². The lowest BCUT2D eigenvalue weighted by atomic mass is 9.62. The lowest BCUT2D eigenvalue weighted by molar-refractivity contribution is 0.144. The summed E-state index contributed by atoms with van der Waals surface area (Å²) in [5, 5.41) is 8.81. The van der Waals surface area contributed by atoms with E-state index in [9.17, 15) is 4.79 Å². The van der Waals surface area contributed by atoms with Gasteiger partial charge in [0.1, 0.15) is 11.5 Å². The zero-order valence-corrected chi connectivity index (χ0v) is 22.7. The molecule has 0 aromatic heterocycles. The van der Waals surface area contributed by atoms with E-state index in [1.54, 1.807) is 19.2 Å². The van der Waals surface area contributed by atoms with E-state index < -0.39 is 6.16 Å². The minimum Gasteiger partial charge on any atom is -0.496 e. The smallest absolute Gasteiger partial charge is 0.496 e. The number of methoxy groups -OCH3 is 1. The fourth-order valence-electron chi connectivity index (χ4n) is 5.60. The molecular formula is C34H34O4. The average Bonchev–Trinajstić information content (AvgIpc) is 2.91. The van der Waals surface area contributed by atoms with Crippen LogP contribution in [0.2, 0.25) is 0 Å². The molecule has 1 N–H and O–H groups in total. The van der Waals surface area contributed by atoms with Crippen LogP contribution >= 0.6 is 0 Å². The monoisotopic (exact) mass is 506 g/mol. The summed E-state index contributed by atoms with van der Waals surface area (Å²) in [5.41, 5.74) is 9.58. The summed E-state index contributed by atoms with van der Waals surface area (Å²) in [6, 6.07) is 28.6. The van der Waals surface area contributed by atoms with Crippen molar-refractivity contribution in [3.8, 4) is 44.9 Å². The quantitative estimate of drug-likeness (QED) is 0.217. The average molecular weight is 507 g/mol. The van der Waals surface area contributed by atoms with Crippen LogP contribution in [-0.2, 0) is 10.8 Å². The molecule has 0 atom stereocenters. The Labute approximate surface area is 224 Å². The summed E-state index contributed by atoms with van der Waals surface area (Å²) in [7, 11) is 1.76. The van der Waals surface area contributed by atoms with E-state index in [1.807, 2.05) is 12.1 Å². The van der Waals surface area contributed by atoms with Gasteiger partial charge in [0.15, 0.2) is 0 Å². The number of carbonyl (C=O) groups is 1. The molecule has 4 aromatic rings. The lowest BCUT2D eigenvalue weighted by Crippen LogP contribution is -2.33. The molecule has 0 saturated heterocycles. The Morgan fingerprint density at radius 3 is 1.74 bits per heavy atom.